The summed E-state index contributed by atoms with van der Waals surface area (Å²) in [5.74, 6) is 0.711. The van der Waals surface area contributed by atoms with Crippen LogP contribution < -0.4 is 5.32 Å². The molecule has 1 atom stereocenters. The molecule has 6 heteroatoms. The second-order valence-electron chi connectivity index (χ2n) is 5.11. The van der Waals surface area contributed by atoms with E-state index in [0.29, 0.717) is 12.0 Å². The highest BCUT2D eigenvalue weighted by Crippen LogP contribution is 2.45. The maximum atomic E-state index is 4.67. The van der Waals surface area contributed by atoms with Crippen molar-refractivity contribution in [3.63, 3.8) is 0 Å². The second-order valence-corrected chi connectivity index (χ2v) is 7.12. The summed E-state index contributed by atoms with van der Waals surface area (Å²) in [6, 6.07) is 0.436. The van der Waals surface area contributed by atoms with Crippen LogP contribution >= 0.6 is 22.7 Å². The molecule has 1 N–H and O–H groups in total. The molecule has 2 aromatic heterocycles. The molecular weight excluding hydrogens is 276 g/mol. The Labute approximate surface area is 121 Å². The standard InChI is InChI=1S/C13H18N4S2/c1-4-7(2)14-13-17-16-12(19-13)10-8(3)15-11(18-10)9-5-6-9/h7,9H,4-6H2,1-3H3,(H,14,17). The fourth-order valence-electron chi connectivity index (χ4n) is 1.81. The first kappa shape index (κ1) is 13.0. The Morgan fingerprint density at radius 3 is 2.79 bits per heavy atom. The quantitative estimate of drug-likeness (QED) is 0.903. The molecule has 1 saturated carbocycles. The Morgan fingerprint density at radius 2 is 2.11 bits per heavy atom. The van der Waals surface area contributed by atoms with Crippen molar-refractivity contribution in [3.8, 4) is 9.88 Å². The Morgan fingerprint density at radius 1 is 1.32 bits per heavy atom. The van der Waals surface area contributed by atoms with Gasteiger partial charge in [-0.15, -0.1) is 21.5 Å². The molecule has 19 heavy (non-hydrogen) atoms. The molecule has 0 radical (unpaired) electrons. The number of thiazole rings is 1. The zero-order valence-corrected chi connectivity index (χ0v) is 13.1. The predicted octanol–water partition coefficient (Wildman–Crippen LogP) is 4.06. The van der Waals surface area contributed by atoms with Gasteiger partial charge in [0.15, 0.2) is 5.01 Å². The Bertz CT molecular complexity index is 571. The van der Waals surface area contributed by atoms with Gasteiger partial charge in [-0.2, -0.15) is 0 Å². The van der Waals surface area contributed by atoms with Crippen LogP contribution in [-0.4, -0.2) is 21.2 Å². The normalized spacial score (nSPS) is 16.6. The number of aromatic nitrogens is 3. The van der Waals surface area contributed by atoms with Crippen molar-refractivity contribution in [1.82, 2.24) is 15.2 Å². The third-order valence-corrected chi connectivity index (χ3v) is 5.67. The molecule has 0 amide bonds. The third-order valence-electron chi connectivity index (χ3n) is 3.34. The van der Waals surface area contributed by atoms with Crippen molar-refractivity contribution in [1.29, 1.82) is 0 Å². The van der Waals surface area contributed by atoms with E-state index in [0.717, 1.165) is 22.3 Å². The molecular formula is C13H18N4S2. The first-order chi connectivity index (χ1) is 9.17. The highest BCUT2D eigenvalue weighted by atomic mass is 32.1. The largest absolute Gasteiger partial charge is 0.358 e. The lowest BCUT2D eigenvalue weighted by Gasteiger charge is -2.07. The second kappa shape index (κ2) is 5.17. The Kier molecular flexibility index (Phi) is 3.54. The Balaban J connectivity index is 1.81. The molecule has 102 valence electrons. The van der Waals surface area contributed by atoms with Crippen LogP contribution in [0.1, 0.15) is 49.7 Å². The summed E-state index contributed by atoms with van der Waals surface area (Å²) in [5, 5.41) is 15.1. The van der Waals surface area contributed by atoms with E-state index in [2.05, 4.69) is 41.3 Å². The molecule has 0 spiro atoms. The van der Waals surface area contributed by atoms with Crippen LogP contribution in [0.25, 0.3) is 9.88 Å². The minimum absolute atomic E-state index is 0.436. The van der Waals surface area contributed by atoms with Gasteiger partial charge in [-0.25, -0.2) is 4.98 Å². The zero-order valence-electron chi connectivity index (χ0n) is 11.4. The lowest BCUT2D eigenvalue weighted by Crippen LogP contribution is -2.12. The average molecular weight is 294 g/mol. The number of nitrogens with zero attached hydrogens (tertiary/aromatic N) is 3. The number of aryl methyl sites for hydroxylation is 1. The first-order valence-corrected chi connectivity index (χ1v) is 8.38. The van der Waals surface area contributed by atoms with Gasteiger partial charge in [0, 0.05) is 12.0 Å². The van der Waals surface area contributed by atoms with Crippen LogP contribution in [0.3, 0.4) is 0 Å². The van der Waals surface area contributed by atoms with E-state index in [4.69, 9.17) is 0 Å². The van der Waals surface area contributed by atoms with Gasteiger partial charge in [-0.3, -0.25) is 0 Å². The summed E-state index contributed by atoms with van der Waals surface area (Å²) in [4.78, 5) is 5.86. The number of hydrogen-bond donors (Lipinski definition) is 1. The van der Waals surface area contributed by atoms with Gasteiger partial charge in [0.2, 0.25) is 5.13 Å². The summed E-state index contributed by atoms with van der Waals surface area (Å²) in [6.45, 7) is 6.39. The van der Waals surface area contributed by atoms with Crippen LogP contribution in [0.4, 0.5) is 5.13 Å². The molecule has 1 fully saturated rings. The van der Waals surface area contributed by atoms with E-state index in [9.17, 15) is 0 Å². The molecule has 1 aliphatic rings. The van der Waals surface area contributed by atoms with E-state index < -0.39 is 0 Å². The van der Waals surface area contributed by atoms with Gasteiger partial charge in [0.05, 0.1) is 15.6 Å². The molecule has 0 aliphatic heterocycles. The summed E-state index contributed by atoms with van der Waals surface area (Å²) >= 11 is 3.42. The van der Waals surface area contributed by atoms with Gasteiger partial charge >= 0.3 is 0 Å². The van der Waals surface area contributed by atoms with Crippen molar-refractivity contribution in [2.75, 3.05) is 5.32 Å². The third kappa shape index (κ3) is 2.79. The van der Waals surface area contributed by atoms with Gasteiger partial charge in [0.25, 0.3) is 0 Å². The summed E-state index contributed by atoms with van der Waals surface area (Å²) in [6.07, 6.45) is 3.67. The first-order valence-electron chi connectivity index (χ1n) is 6.75. The molecule has 0 saturated heterocycles. The van der Waals surface area contributed by atoms with Crippen LogP contribution in [0.5, 0.6) is 0 Å². The molecule has 0 aromatic carbocycles. The number of hydrogen-bond acceptors (Lipinski definition) is 6. The molecule has 1 unspecified atom stereocenters. The van der Waals surface area contributed by atoms with E-state index in [1.165, 1.54) is 22.7 Å². The van der Waals surface area contributed by atoms with E-state index >= 15 is 0 Å². The predicted molar refractivity (Wildman–Crippen MR) is 81.1 cm³/mol. The molecule has 1 aliphatic carbocycles. The molecule has 4 nitrogen and oxygen atoms in total. The van der Waals surface area contributed by atoms with Crippen molar-refractivity contribution in [2.45, 2.75) is 52.0 Å². The maximum Gasteiger partial charge on any atom is 0.206 e. The van der Waals surface area contributed by atoms with Crippen molar-refractivity contribution < 1.29 is 0 Å². The van der Waals surface area contributed by atoms with Crippen molar-refractivity contribution >= 4 is 27.8 Å². The van der Waals surface area contributed by atoms with Gasteiger partial charge in [-0.1, -0.05) is 18.3 Å². The van der Waals surface area contributed by atoms with Crippen LogP contribution in [0, 0.1) is 6.92 Å². The minimum Gasteiger partial charge on any atom is -0.358 e. The summed E-state index contributed by atoms with van der Waals surface area (Å²) < 4.78 is 0. The number of anilines is 1. The summed E-state index contributed by atoms with van der Waals surface area (Å²) in [7, 11) is 0. The van der Waals surface area contributed by atoms with Gasteiger partial charge in [-0.05, 0) is 33.1 Å². The molecule has 3 rings (SSSR count). The lowest BCUT2D eigenvalue weighted by molar-refractivity contribution is 0.760. The van der Waals surface area contributed by atoms with Gasteiger partial charge in [0.1, 0.15) is 0 Å². The maximum absolute atomic E-state index is 4.67. The van der Waals surface area contributed by atoms with Crippen LogP contribution in [0.2, 0.25) is 0 Å². The van der Waals surface area contributed by atoms with E-state index in [-0.39, 0.29) is 0 Å². The fourth-order valence-corrected chi connectivity index (χ4v) is 4.02. The van der Waals surface area contributed by atoms with Crippen LogP contribution in [0.15, 0.2) is 0 Å². The number of rotatable bonds is 5. The summed E-state index contributed by atoms with van der Waals surface area (Å²) in [5.41, 5.74) is 1.10. The highest BCUT2D eigenvalue weighted by Gasteiger charge is 2.28. The van der Waals surface area contributed by atoms with Gasteiger partial charge < -0.3 is 5.32 Å². The Hall–Kier alpha value is -1.01. The van der Waals surface area contributed by atoms with Crippen molar-refractivity contribution in [2.24, 2.45) is 0 Å². The SMILES string of the molecule is CCC(C)Nc1nnc(-c2sc(C3CC3)nc2C)s1. The van der Waals surface area contributed by atoms with E-state index in [1.54, 1.807) is 22.7 Å². The monoisotopic (exact) mass is 294 g/mol. The molecule has 0 bridgehead atoms. The van der Waals surface area contributed by atoms with Crippen molar-refractivity contribution in [3.05, 3.63) is 10.7 Å². The topological polar surface area (TPSA) is 50.7 Å². The minimum atomic E-state index is 0.436. The van der Waals surface area contributed by atoms with E-state index in [1.807, 2.05) is 0 Å². The molecule has 2 aromatic rings. The zero-order chi connectivity index (χ0) is 13.4. The fraction of sp³-hybridized carbons (Fsp3) is 0.615. The lowest BCUT2D eigenvalue weighted by atomic mass is 10.3. The number of nitrogens with one attached hydrogen (secondary N) is 1. The van der Waals surface area contributed by atoms with Crippen LogP contribution in [-0.2, 0) is 0 Å². The smallest absolute Gasteiger partial charge is 0.206 e. The average Bonchev–Trinajstić information content (AvgIpc) is 3.03. The highest BCUT2D eigenvalue weighted by molar-refractivity contribution is 7.23. The molecule has 2 heterocycles.